The largest absolute Gasteiger partial charge is 0.508 e. The van der Waals surface area contributed by atoms with Crippen LogP contribution >= 0.6 is 0 Å². The van der Waals surface area contributed by atoms with E-state index >= 15 is 0 Å². The molecule has 1 N–H and O–H groups in total. The summed E-state index contributed by atoms with van der Waals surface area (Å²) in [6, 6.07) is 12.1. The third kappa shape index (κ3) is 6.57. The van der Waals surface area contributed by atoms with Crippen LogP contribution in [0.4, 0.5) is 11.5 Å². The molecule has 2 aromatic carbocycles. The number of carbonyl (C=O) groups excluding carboxylic acids is 1. The number of nitrogens with zero attached hydrogens (tertiary/aromatic N) is 6. The molecule has 0 aliphatic carbocycles. The second kappa shape index (κ2) is 12.4. The maximum absolute atomic E-state index is 12.2. The van der Waals surface area contributed by atoms with Crippen LogP contribution in [0.3, 0.4) is 0 Å². The molecular weight excluding hydrogens is 564 g/mol. The van der Waals surface area contributed by atoms with Crippen molar-refractivity contribution in [3.63, 3.8) is 0 Å². The van der Waals surface area contributed by atoms with E-state index in [1.54, 1.807) is 6.07 Å². The predicted octanol–water partition coefficient (Wildman–Crippen LogP) is 2.53. The van der Waals surface area contributed by atoms with E-state index < -0.39 is 9.52 Å². The van der Waals surface area contributed by atoms with Gasteiger partial charge in [-0.25, -0.2) is 0 Å². The van der Waals surface area contributed by atoms with Gasteiger partial charge in [-0.05, 0) is 45.8 Å². The van der Waals surface area contributed by atoms with Crippen molar-refractivity contribution in [1.29, 1.82) is 0 Å². The number of hydrogen-bond donors (Lipinski definition) is 1. The molecule has 0 radical (unpaired) electrons. The van der Waals surface area contributed by atoms with E-state index in [9.17, 15) is 14.1 Å². The van der Waals surface area contributed by atoms with Gasteiger partial charge in [-0.1, -0.05) is 30.8 Å². The number of anilines is 2. The number of phenolic OH excluding ortho intramolecular Hbond substituents is 1. The second-order valence-electron chi connectivity index (χ2n) is 11.5. The maximum Gasteiger partial charge on any atom is 0.318 e. The van der Waals surface area contributed by atoms with Gasteiger partial charge in [-0.3, -0.25) is 9.00 Å². The summed E-state index contributed by atoms with van der Waals surface area (Å²) >= 11 is 0. The van der Waals surface area contributed by atoms with Gasteiger partial charge in [0.15, 0.2) is 0 Å². The van der Waals surface area contributed by atoms with Gasteiger partial charge in [-0.15, -0.1) is 0 Å². The number of ether oxygens (including phenoxy) is 1. The number of fused-ring (bicyclic) bond motifs is 2. The minimum Gasteiger partial charge on any atom is -0.508 e. The Balaban J connectivity index is 1.22. The third-order valence-electron chi connectivity index (χ3n) is 8.66. The van der Waals surface area contributed by atoms with E-state index in [2.05, 4.69) is 33.2 Å². The quantitative estimate of drug-likeness (QED) is 0.236. The Labute approximate surface area is 253 Å². The first-order valence-electron chi connectivity index (χ1n) is 15.0. The lowest BCUT2D eigenvalue weighted by Crippen LogP contribution is -2.49. The first-order valence-corrected chi connectivity index (χ1v) is 17.1. The van der Waals surface area contributed by atoms with Crippen molar-refractivity contribution < 1.29 is 18.8 Å². The summed E-state index contributed by atoms with van der Waals surface area (Å²) in [5.41, 5.74) is 3.01. The number of piperazine rings is 1. The van der Waals surface area contributed by atoms with Crippen molar-refractivity contribution in [3.05, 3.63) is 60.3 Å². The molecule has 6 rings (SSSR count). The summed E-state index contributed by atoms with van der Waals surface area (Å²) in [6.07, 6.45) is 2.94. The molecule has 1 amide bonds. The molecule has 43 heavy (non-hydrogen) atoms. The summed E-state index contributed by atoms with van der Waals surface area (Å²) in [5, 5.41) is 12.6. The SMILES string of the molecule is C=CC(=O)N1CCN(c2nc(OCCCN3CCS(=C)(=O)CC3)nc3c2CCN(c2cc(O)cc4ccccc24)C3)CC1. The lowest BCUT2D eigenvalue weighted by atomic mass is 10.0. The molecule has 1 aromatic heterocycles. The molecule has 2 fully saturated rings. The fourth-order valence-corrected chi connectivity index (χ4v) is 7.59. The summed E-state index contributed by atoms with van der Waals surface area (Å²) in [5.74, 6) is 6.24. The molecule has 0 unspecified atom stereocenters. The molecular formula is C32H40N6O4S. The Kier molecular flexibility index (Phi) is 8.45. The highest BCUT2D eigenvalue weighted by molar-refractivity contribution is 8.00. The lowest BCUT2D eigenvalue weighted by Gasteiger charge is -2.38. The van der Waals surface area contributed by atoms with Crippen molar-refractivity contribution in [2.45, 2.75) is 19.4 Å². The minimum absolute atomic E-state index is 0.0476. The van der Waals surface area contributed by atoms with E-state index in [0.717, 1.165) is 72.6 Å². The molecule has 2 saturated heterocycles. The molecule has 0 saturated carbocycles. The van der Waals surface area contributed by atoms with E-state index in [1.165, 1.54) is 6.08 Å². The Bertz CT molecular complexity index is 1610. The van der Waals surface area contributed by atoms with Crippen LogP contribution in [0.25, 0.3) is 10.8 Å². The summed E-state index contributed by atoms with van der Waals surface area (Å²) in [4.78, 5) is 30.6. The molecule has 228 valence electrons. The molecule has 0 bridgehead atoms. The number of benzene rings is 2. The van der Waals surface area contributed by atoms with Crippen LogP contribution < -0.4 is 14.5 Å². The summed E-state index contributed by atoms with van der Waals surface area (Å²) in [7, 11) is -1.90. The van der Waals surface area contributed by atoms with Gasteiger partial charge in [0.25, 0.3) is 0 Å². The second-order valence-corrected chi connectivity index (χ2v) is 14.3. The zero-order chi connectivity index (χ0) is 30.0. The number of hydrogen-bond acceptors (Lipinski definition) is 9. The van der Waals surface area contributed by atoms with E-state index in [0.29, 0.717) is 56.8 Å². The average molecular weight is 605 g/mol. The van der Waals surface area contributed by atoms with Crippen LogP contribution in [-0.2, 0) is 27.3 Å². The Morgan fingerprint density at radius 2 is 1.79 bits per heavy atom. The number of amides is 1. The molecule has 0 spiro atoms. The van der Waals surface area contributed by atoms with Crippen molar-refractivity contribution in [1.82, 2.24) is 19.8 Å². The van der Waals surface area contributed by atoms with Gasteiger partial charge >= 0.3 is 6.01 Å². The fourth-order valence-electron chi connectivity index (χ4n) is 6.20. The average Bonchev–Trinajstić information content (AvgIpc) is 3.02. The van der Waals surface area contributed by atoms with Gasteiger partial charge in [0.05, 0.1) is 18.8 Å². The number of carbonyl (C=O) groups is 1. The van der Waals surface area contributed by atoms with E-state index in [4.69, 9.17) is 14.7 Å². The standard InChI is InChI=1S/C32H40N6O4S/c1-3-30(40)36-12-14-37(15-13-36)31-27-9-11-38(29-22-25(39)21-24-7-4-5-8-26(24)29)23-28(27)33-32(34-31)42-18-6-10-35-16-19-43(2,41)20-17-35/h3-5,7-8,21-22,39H,1-2,6,9-20,23H2. The highest BCUT2D eigenvalue weighted by atomic mass is 32.2. The molecule has 3 aliphatic heterocycles. The molecule has 0 atom stereocenters. The monoisotopic (exact) mass is 604 g/mol. The Hall–Kier alpha value is -3.83. The van der Waals surface area contributed by atoms with Crippen LogP contribution in [0, 0.1) is 0 Å². The molecule has 3 aliphatic rings. The normalized spacial score (nSPS) is 18.8. The molecule has 4 heterocycles. The van der Waals surface area contributed by atoms with Gasteiger partial charge in [0, 0.05) is 86.6 Å². The number of aromatic hydroxyl groups is 1. The Morgan fingerprint density at radius 3 is 2.56 bits per heavy atom. The lowest BCUT2D eigenvalue weighted by molar-refractivity contribution is -0.126. The molecule has 10 nitrogen and oxygen atoms in total. The zero-order valence-electron chi connectivity index (χ0n) is 24.6. The van der Waals surface area contributed by atoms with Crippen molar-refractivity contribution in [3.8, 4) is 11.8 Å². The molecule has 11 heteroatoms. The number of phenols is 1. The summed E-state index contributed by atoms with van der Waals surface area (Å²) < 4.78 is 18.3. The first-order chi connectivity index (χ1) is 20.8. The molecule has 3 aromatic rings. The van der Waals surface area contributed by atoms with Crippen molar-refractivity contribution >= 4 is 43.6 Å². The van der Waals surface area contributed by atoms with Gasteiger partial charge < -0.3 is 29.4 Å². The van der Waals surface area contributed by atoms with Crippen molar-refractivity contribution in [2.24, 2.45) is 0 Å². The topological polar surface area (TPSA) is 102 Å². The number of aromatic nitrogens is 2. The third-order valence-corrected chi connectivity index (χ3v) is 10.5. The first kappa shape index (κ1) is 29.3. The zero-order valence-corrected chi connectivity index (χ0v) is 25.4. The Morgan fingerprint density at radius 1 is 1.02 bits per heavy atom. The maximum atomic E-state index is 12.2. The smallest absolute Gasteiger partial charge is 0.318 e. The van der Waals surface area contributed by atoms with Crippen LogP contribution in [0.15, 0.2) is 49.1 Å². The van der Waals surface area contributed by atoms with E-state index in [-0.39, 0.29) is 11.7 Å². The minimum atomic E-state index is -1.90. The van der Waals surface area contributed by atoms with Crippen LogP contribution in [0.5, 0.6) is 11.8 Å². The fraction of sp³-hybridized carbons (Fsp3) is 0.438. The summed E-state index contributed by atoms with van der Waals surface area (Å²) in [6.45, 7) is 10.5. The van der Waals surface area contributed by atoms with Crippen LogP contribution in [0.2, 0.25) is 0 Å². The number of rotatable bonds is 8. The van der Waals surface area contributed by atoms with Gasteiger partial charge in [0.2, 0.25) is 5.91 Å². The van der Waals surface area contributed by atoms with Gasteiger partial charge in [-0.2, -0.15) is 9.97 Å². The predicted molar refractivity (Wildman–Crippen MR) is 173 cm³/mol. The van der Waals surface area contributed by atoms with Crippen LogP contribution in [-0.4, -0.2) is 111 Å². The highest BCUT2D eigenvalue weighted by Crippen LogP contribution is 2.36. The highest BCUT2D eigenvalue weighted by Gasteiger charge is 2.29. The van der Waals surface area contributed by atoms with Crippen molar-refractivity contribution in [2.75, 3.05) is 80.3 Å². The van der Waals surface area contributed by atoms with Crippen LogP contribution in [0.1, 0.15) is 17.7 Å². The van der Waals surface area contributed by atoms with Gasteiger partial charge in [0.1, 0.15) is 11.6 Å². The van der Waals surface area contributed by atoms with E-state index in [1.807, 2.05) is 29.2 Å².